The molecule has 0 unspecified atom stereocenters. The Labute approximate surface area is 133 Å². The van der Waals surface area contributed by atoms with Crippen LogP contribution in [0.15, 0.2) is 36.8 Å². The zero-order valence-corrected chi connectivity index (χ0v) is 13.2. The number of hydrogen-bond acceptors (Lipinski definition) is 4. The largest absolute Gasteiger partial charge is 0.497 e. The van der Waals surface area contributed by atoms with Gasteiger partial charge in [-0.1, -0.05) is 23.7 Å². The SMILES string of the molecule is CCc1nccn1Cc1cn(-c2cc(OC)ccc2Cl)nn1. The quantitative estimate of drug-likeness (QED) is 0.726. The van der Waals surface area contributed by atoms with E-state index in [4.69, 9.17) is 16.3 Å². The van der Waals surface area contributed by atoms with Gasteiger partial charge in [0.2, 0.25) is 0 Å². The van der Waals surface area contributed by atoms with Crippen LogP contribution in [0.25, 0.3) is 5.69 Å². The first kappa shape index (κ1) is 14.6. The fourth-order valence-electron chi connectivity index (χ4n) is 2.26. The van der Waals surface area contributed by atoms with Crippen LogP contribution < -0.4 is 4.74 Å². The van der Waals surface area contributed by atoms with Gasteiger partial charge in [-0.05, 0) is 12.1 Å². The molecule has 0 fully saturated rings. The number of halogens is 1. The van der Waals surface area contributed by atoms with E-state index < -0.39 is 0 Å². The van der Waals surface area contributed by atoms with E-state index in [1.54, 1.807) is 24.1 Å². The predicted molar refractivity (Wildman–Crippen MR) is 83.6 cm³/mol. The fraction of sp³-hybridized carbons (Fsp3) is 0.267. The highest BCUT2D eigenvalue weighted by molar-refractivity contribution is 6.32. The normalized spacial score (nSPS) is 10.9. The highest BCUT2D eigenvalue weighted by atomic mass is 35.5. The van der Waals surface area contributed by atoms with Crippen LogP contribution in [0.3, 0.4) is 0 Å². The standard InChI is InChI=1S/C15H16ClN5O/c1-3-15-17-6-7-20(15)9-11-10-21(19-18-11)14-8-12(22-2)4-5-13(14)16/h4-8,10H,3,9H2,1-2H3. The van der Waals surface area contributed by atoms with Gasteiger partial charge in [0.15, 0.2) is 0 Å². The smallest absolute Gasteiger partial charge is 0.121 e. The first-order valence-electron chi connectivity index (χ1n) is 6.96. The number of hydrogen-bond donors (Lipinski definition) is 0. The molecule has 0 bridgehead atoms. The maximum absolute atomic E-state index is 6.23. The summed E-state index contributed by atoms with van der Waals surface area (Å²) in [6, 6.07) is 5.42. The number of methoxy groups -OCH3 is 1. The molecule has 1 aromatic carbocycles. The molecule has 3 rings (SSSR count). The van der Waals surface area contributed by atoms with Crippen molar-refractivity contribution in [3.05, 3.63) is 53.3 Å². The highest BCUT2D eigenvalue weighted by Gasteiger charge is 2.09. The first-order valence-corrected chi connectivity index (χ1v) is 7.34. The van der Waals surface area contributed by atoms with Crippen LogP contribution in [0, 0.1) is 0 Å². The van der Waals surface area contributed by atoms with Gasteiger partial charge >= 0.3 is 0 Å². The minimum absolute atomic E-state index is 0.592. The number of benzene rings is 1. The number of aryl methyl sites for hydroxylation is 1. The van der Waals surface area contributed by atoms with Crippen LogP contribution in [0.2, 0.25) is 5.02 Å². The third kappa shape index (κ3) is 2.82. The molecule has 2 heterocycles. The molecule has 7 heteroatoms. The van der Waals surface area contributed by atoms with Gasteiger partial charge in [-0.25, -0.2) is 9.67 Å². The van der Waals surface area contributed by atoms with Gasteiger partial charge in [-0.3, -0.25) is 0 Å². The summed E-state index contributed by atoms with van der Waals surface area (Å²) in [5.74, 6) is 1.74. The van der Waals surface area contributed by atoms with Crippen LogP contribution in [0.1, 0.15) is 18.4 Å². The third-order valence-corrected chi connectivity index (χ3v) is 3.71. The molecule has 0 aliphatic heterocycles. The van der Waals surface area contributed by atoms with Crippen molar-refractivity contribution in [2.75, 3.05) is 7.11 Å². The Balaban J connectivity index is 1.88. The Morgan fingerprint density at radius 1 is 1.32 bits per heavy atom. The van der Waals surface area contributed by atoms with E-state index in [9.17, 15) is 0 Å². The lowest BCUT2D eigenvalue weighted by Gasteiger charge is -2.06. The molecule has 6 nitrogen and oxygen atoms in total. The van der Waals surface area contributed by atoms with Crippen molar-refractivity contribution in [1.82, 2.24) is 24.5 Å². The van der Waals surface area contributed by atoms with Crippen LogP contribution >= 0.6 is 11.6 Å². The first-order chi connectivity index (χ1) is 10.7. The molecule has 0 radical (unpaired) electrons. The number of aromatic nitrogens is 5. The summed E-state index contributed by atoms with van der Waals surface area (Å²) in [7, 11) is 1.62. The van der Waals surface area contributed by atoms with Gasteiger partial charge in [0, 0.05) is 24.9 Å². The molecule has 0 atom stereocenters. The van der Waals surface area contributed by atoms with Gasteiger partial charge in [0.1, 0.15) is 17.3 Å². The molecule has 0 aliphatic carbocycles. The Hall–Kier alpha value is -2.34. The zero-order valence-electron chi connectivity index (χ0n) is 12.4. The van der Waals surface area contributed by atoms with Crippen molar-refractivity contribution >= 4 is 11.6 Å². The van der Waals surface area contributed by atoms with Crippen molar-refractivity contribution in [2.24, 2.45) is 0 Å². The Bertz CT molecular complexity index is 780. The van der Waals surface area contributed by atoms with E-state index in [0.29, 0.717) is 11.6 Å². The molecule has 0 N–H and O–H groups in total. The molecule has 3 aromatic rings. The van der Waals surface area contributed by atoms with E-state index in [1.807, 2.05) is 24.5 Å². The molecule has 0 aliphatic rings. The second-order valence-corrected chi connectivity index (χ2v) is 5.20. The Morgan fingerprint density at radius 3 is 2.95 bits per heavy atom. The summed E-state index contributed by atoms with van der Waals surface area (Å²) in [4.78, 5) is 4.30. The zero-order chi connectivity index (χ0) is 15.5. The number of nitrogens with zero attached hydrogens (tertiary/aromatic N) is 5. The van der Waals surface area contributed by atoms with Gasteiger partial charge in [-0.15, -0.1) is 5.10 Å². The highest BCUT2D eigenvalue weighted by Crippen LogP contribution is 2.25. The molecule has 0 saturated heterocycles. The average Bonchev–Trinajstić information content (AvgIpc) is 3.17. The maximum Gasteiger partial charge on any atom is 0.121 e. The molecule has 2 aromatic heterocycles. The lowest BCUT2D eigenvalue weighted by molar-refractivity contribution is 0.414. The summed E-state index contributed by atoms with van der Waals surface area (Å²) in [6.45, 7) is 2.70. The minimum atomic E-state index is 0.592. The molecular formula is C15H16ClN5O. The summed E-state index contributed by atoms with van der Waals surface area (Å²) in [6.07, 6.45) is 6.47. The lowest BCUT2D eigenvalue weighted by Crippen LogP contribution is -2.03. The summed E-state index contributed by atoms with van der Waals surface area (Å²) in [5, 5.41) is 8.95. The minimum Gasteiger partial charge on any atom is -0.497 e. The molecule has 0 spiro atoms. The van der Waals surface area contributed by atoms with Crippen molar-refractivity contribution in [1.29, 1.82) is 0 Å². The Morgan fingerprint density at radius 2 is 2.18 bits per heavy atom. The van der Waals surface area contributed by atoms with E-state index in [0.717, 1.165) is 29.4 Å². The van der Waals surface area contributed by atoms with Gasteiger partial charge in [0.25, 0.3) is 0 Å². The van der Waals surface area contributed by atoms with Crippen molar-refractivity contribution in [3.63, 3.8) is 0 Å². The number of rotatable bonds is 5. The topological polar surface area (TPSA) is 57.8 Å². The van der Waals surface area contributed by atoms with E-state index in [-0.39, 0.29) is 0 Å². The molecule has 114 valence electrons. The summed E-state index contributed by atoms with van der Waals surface area (Å²) >= 11 is 6.23. The fourth-order valence-corrected chi connectivity index (χ4v) is 2.46. The van der Waals surface area contributed by atoms with Crippen LogP contribution in [0.4, 0.5) is 0 Å². The van der Waals surface area contributed by atoms with Gasteiger partial charge < -0.3 is 9.30 Å². The van der Waals surface area contributed by atoms with Crippen LogP contribution in [-0.4, -0.2) is 31.7 Å². The molecular weight excluding hydrogens is 302 g/mol. The van der Waals surface area contributed by atoms with E-state index in [1.165, 1.54) is 0 Å². The molecule has 22 heavy (non-hydrogen) atoms. The maximum atomic E-state index is 6.23. The van der Waals surface area contributed by atoms with Crippen molar-refractivity contribution in [2.45, 2.75) is 19.9 Å². The lowest BCUT2D eigenvalue weighted by atomic mass is 10.3. The number of ether oxygens (including phenoxy) is 1. The van der Waals surface area contributed by atoms with Gasteiger partial charge in [0.05, 0.1) is 30.6 Å². The predicted octanol–water partition coefficient (Wildman–Crippen LogP) is 2.74. The summed E-state index contributed by atoms with van der Waals surface area (Å²) in [5.41, 5.74) is 1.58. The van der Waals surface area contributed by atoms with Crippen molar-refractivity contribution in [3.8, 4) is 11.4 Å². The number of imidazole rings is 1. The van der Waals surface area contributed by atoms with Gasteiger partial charge in [-0.2, -0.15) is 0 Å². The monoisotopic (exact) mass is 317 g/mol. The average molecular weight is 318 g/mol. The van der Waals surface area contributed by atoms with Crippen LogP contribution in [0.5, 0.6) is 5.75 Å². The van der Waals surface area contributed by atoms with E-state index >= 15 is 0 Å². The second-order valence-electron chi connectivity index (χ2n) is 4.80. The second kappa shape index (κ2) is 6.19. The van der Waals surface area contributed by atoms with E-state index in [2.05, 4.69) is 26.8 Å². The Kier molecular flexibility index (Phi) is 4.11. The van der Waals surface area contributed by atoms with Crippen LogP contribution in [-0.2, 0) is 13.0 Å². The molecule has 0 saturated carbocycles. The van der Waals surface area contributed by atoms with Crippen molar-refractivity contribution < 1.29 is 4.74 Å². The molecule has 0 amide bonds. The third-order valence-electron chi connectivity index (χ3n) is 3.39. The summed E-state index contributed by atoms with van der Waals surface area (Å²) < 4.78 is 8.93.